The Morgan fingerprint density at radius 3 is 1.74 bits per heavy atom. The lowest BCUT2D eigenvalue weighted by atomic mass is 9.98. The molecule has 0 saturated heterocycles. The maximum absolute atomic E-state index is 10.1. The first-order chi connectivity index (χ1) is 30.7. The third kappa shape index (κ3) is 4.81. The van der Waals surface area contributed by atoms with E-state index < -0.39 is 0 Å². The Kier molecular flexibility index (Phi) is 7.24. The van der Waals surface area contributed by atoms with Crippen LogP contribution in [0.3, 0.4) is 0 Å². The molecule has 286 valence electrons. The second-order valence-corrected chi connectivity index (χ2v) is 17.0. The van der Waals surface area contributed by atoms with Crippen molar-refractivity contribution in [3.63, 3.8) is 0 Å². The van der Waals surface area contributed by atoms with Gasteiger partial charge in [0.05, 0.1) is 62.1 Å². The lowest BCUT2D eigenvalue weighted by Crippen LogP contribution is -2.02. The number of hydrogen-bond donors (Lipinski definition) is 0. The molecule has 0 atom stereocenters. The minimum absolute atomic E-state index is 0.448. The maximum atomic E-state index is 10.1. The molecule has 0 saturated carbocycles. The van der Waals surface area contributed by atoms with Crippen LogP contribution in [0.25, 0.3) is 114 Å². The molecule has 9 aromatic carbocycles. The molecule has 0 unspecified atom stereocenters. The van der Waals surface area contributed by atoms with Gasteiger partial charge in [0.15, 0.2) is 0 Å². The van der Waals surface area contributed by atoms with Crippen molar-refractivity contribution >= 4 is 96.9 Å². The largest absolute Gasteiger partial charge is 0.309 e. The van der Waals surface area contributed by atoms with E-state index in [9.17, 15) is 10.5 Å². The van der Waals surface area contributed by atoms with Crippen LogP contribution in [0.5, 0.6) is 0 Å². The summed E-state index contributed by atoms with van der Waals surface area (Å²) in [6.07, 6.45) is 0. The van der Waals surface area contributed by atoms with Gasteiger partial charge in [0.1, 0.15) is 0 Å². The van der Waals surface area contributed by atoms with Crippen molar-refractivity contribution in [3.05, 3.63) is 199 Å². The normalized spacial score (nSPS) is 11.8. The van der Waals surface area contributed by atoms with Crippen molar-refractivity contribution in [3.8, 4) is 40.3 Å². The van der Waals surface area contributed by atoms with E-state index in [1.807, 2.05) is 23.5 Å². The number of rotatable bonds is 4. The molecule has 0 aliphatic heterocycles. The van der Waals surface area contributed by atoms with Crippen LogP contribution < -0.4 is 0 Å². The number of nitrogens with zero attached hydrogens (tertiary/aromatic N) is 5. The summed E-state index contributed by atoms with van der Waals surface area (Å²) in [7, 11) is 0. The van der Waals surface area contributed by atoms with E-state index >= 15 is 0 Å². The molecular formula is C56H31N5S. The maximum Gasteiger partial charge on any atom is 0.0992 e. The number of thiophene rings is 1. The van der Waals surface area contributed by atoms with Crippen molar-refractivity contribution in [2.24, 2.45) is 0 Å². The number of benzene rings is 9. The van der Waals surface area contributed by atoms with Crippen LogP contribution >= 0.6 is 11.3 Å². The summed E-state index contributed by atoms with van der Waals surface area (Å²) in [5.74, 6) is 0. The molecule has 0 aliphatic carbocycles. The Morgan fingerprint density at radius 1 is 0.371 bits per heavy atom. The Hall–Kier alpha value is -8.42. The van der Waals surface area contributed by atoms with E-state index in [0.29, 0.717) is 11.1 Å². The fraction of sp³-hybridized carbons (Fsp3) is 0. The fourth-order valence-electron chi connectivity index (χ4n) is 10.1. The second-order valence-electron chi connectivity index (χ2n) is 15.9. The van der Waals surface area contributed by atoms with Crippen LogP contribution in [-0.2, 0) is 0 Å². The molecule has 4 heterocycles. The highest BCUT2D eigenvalue weighted by Gasteiger charge is 2.23. The topological polar surface area (TPSA) is 62.4 Å². The Bertz CT molecular complexity index is 4090. The fourth-order valence-corrected chi connectivity index (χ4v) is 11.2. The quantitative estimate of drug-likeness (QED) is 0.178. The molecule has 5 nitrogen and oxygen atoms in total. The van der Waals surface area contributed by atoms with Crippen LogP contribution in [-0.4, -0.2) is 13.7 Å². The Labute approximate surface area is 359 Å². The van der Waals surface area contributed by atoms with Crippen molar-refractivity contribution < 1.29 is 0 Å². The van der Waals surface area contributed by atoms with Gasteiger partial charge in [-0.2, -0.15) is 10.5 Å². The van der Waals surface area contributed by atoms with E-state index in [4.69, 9.17) is 0 Å². The zero-order valence-corrected chi connectivity index (χ0v) is 33.9. The van der Waals surface area contributed by atoms with Crippen LogP contribution in [0.15, 0.2) is 188 Å². The van der Waals surface area contributed by atoms with Crippen molar-refractivity contribution in [2.45, 2.75) is 0 Å². The summed E-state index contributed by atoms with van der Waals surface area (Å²) < 4.78 is 9.68. The molecule has 4 aromatic heterocycles. The molecule has 62 heavy (non-hydrogen) atoms. The predicted molar refractivity (Wildman–Crippen MR) is 257 cm³/mol. The van der Waals surface area contributed by atoms with Gasteiger partial charge >= 0.3 is 0 Å². The first kappa shape index (κ1) is 34.4. The van der Waals surface area contributed by atoms with E-state index in [1.54, 1.807) is 6.07 Å². The molecule has 0 amide bonds. The number of para-hydroxylation sites is 4. The number of hydrogen-bond acceptors (Lipinski definition) is 3. The van der Waals surface area contributed by atoms with Gasteiger partial charge in [-0.1, -0.05) is 103 Å². The number of nitriles is 2. The highest BCUT2D eigenvalue weighted by atomic mass is 32.1. The minimum atomic E-state index is 0.448. The van der Waals surface area contributed by atoms with Gasteiger partial charge in [-0.15, -0.1) is 11.3 Å². The van der Waals surface area contributed by atoms with Crippen LogP contribution in [0.2, 0.25) is 0 Å². The van der Waals surface area contributed by atoms with Crippen molar-refractivity contribution in [1.29, 1.82) is 10.5 Å². The van der Waals surface area contributed by atoms with Gasteiger partial charge in [0.25, 0.3) is 0 Å². The van der Waals surface area contributed by atoms with E-state index in [0.717, 1.165) is 55.6 Å². The molecule has 0 aliphatic rings. The lowest BCUT2D eigenvalue weighted by molar-refractivity contribution is 1.14. The van der Waals surface area contributed by atoms with Gasteiger partial charge in [0.2, 0.25) is 0 Å². The van der Waals surface area contributed by atoms with E-state index in [-0.39, 0.29) is 0 Å². The predicted octanol–water partition coefficient (Wildman–Crippen LogP) is 14.8. The highest BCUT2D eigenvalue weighted by Crippen LogP contribution is 2.45. The molecule has 0 bridgehead atoms. The Balaban J connectivity index is 1.16. The Morgan fingerprint density at radius 2 is 1.00 bits per heavy atom. The molecule has 0 spiro atoms. The summed E-state index contributed by atoms with van der Waals surface area (Å²) in [6.45, 7) is 0. The van der Waals surface area contributed by atoms with Crippen molar-refractivity contribution in [1.82, 2.24) is 13.7 Å². The summed E-state index contributed by atoms with van der Waals surface area (Å²) in [5.41, 5.74) is 12.4. The summed E-state index contributed by atoms with van der Waals surface area (Å²) in [4.78, 5) is 0. The third-order valence-corrected chi connectivity index (χ3v) is 13.8. The zero-order valence-electron chi connectivity index (χ0n) is 33.0. The lowest BCUT2D eigenvalue weighted by Gasteiger charge is -2.18. The minimum Gasteiger partial charge on any atom is -0.309 e. The molecule has 13 rings (SSSR count). The van der Waals surface area contributed by atoms with Gasteiger partial charge in [-0.05, 0) is 90.5 Å². The molecule has 6 heteroatoms. The van der Waals surface area contributed by atoms with Crippen LogP contribution in [0.1, 0.15) is 11.1 Å². The highest BCUT2D eigenvalue weighted by molar-refractivity contribution is 7.25. The number of fused-ring (bicyclic) bond motifs is 13. The average Bonchev–Trinajstić information content (AvgIpc) is 4.06. The van der Waals surface area contributed by atoms with Gasteiger partial charge in [0, 0.05) is 69.4 Å². The average molecular weight is 806 g/mol. The SMILES string of the molecule is N#Cc1cc(C#N)cc(-c2ccc(-n3c4ccccc4c4c3ccc3c5ccccc5n(-c5ccccc5)c34)cc2-n2c3ccccc3c3cc4c(cc32)sc2ccccc24)c1. The first-order valence-electron chi connectivity index (χ1n) is 20.6. The van der Waals surface area contributed by atoms with Gasteiger partial charge < -0.3 is 13.7 Å². The summed E-state index contributed by atoms with van der Waals surface area (Å²) >= 11 is 1.81. The smallest absolute Gasteiger partial charge is 0.0992 e. The van der Waals surface area contributed by atoms with Gasteiger partial charge in [-0.3, -0.25) is 0 Å². The molecular weight excluding hydrogens is 775 g/mol. The van der Waals surface area contributed by atoms with Crippen LogP contribution in [0.4, 0.5) is 0 Å². The van der Waals surface area contributed by atoms with E-state index in [2.05, 4.69) is 196 Å². The molecule has 0 radical (unpaired) electrons. The summed E-state index contributed by atoms with van der Waals surface area (Å²) in [5, 5.41) is 29.9. The van der Waals surface area contributed by atoms with Crippen LogP contribution in [0, 0.1) is 22.7 Å². The second kappa shape index (κ2) is 13.0. The standard InChI is InChI=1S/C56H31N5S/c57-32-34-26-35(33-58)28-36(27-34)39-23-22-38(29-51(39)61-48-19-9-5-15-41(48)45-30-46-42-16-7-11-21-53(42)62-54(46)31-52(45)61)59-49-20-10-6-17-44(49)55-50(59)25-24-43-40-14-4-8-18-47(40)60(56(43)55)37-12-2-1-3-13-37/h1-31H. The molecule has 0 fully saturated rings. The van der Waals surface area contributed by atoms with Crippen molar-refractivity contribution in [2.75, 3.05) is 0 Å². The van der Waals surface area contributed by atoms with E-state index in [1.165, 1.54) is 58.1 Å². The monoisotopic (exact) mass is 805 g/mol. The number of aromatic nitrogens is 3. The zero-order chi connectivity index (χ0) is 41.1. The summed E-state index contributed by atoms with van der Waals surface area (Å²) in [6, 6.07) is 71.3. The third-order valence-electron chi connectivity index (χ3n) is 12.6. The molecule has 13 aromatic rings. The molecule has 0 N–H and O–H groups in total. The first-order valence-corrected chi connectivity index (χ1v) is 21.4. The van der Waals surface area contributed by atoms with Gasteiger partial charge in [-0.25, -0.2) is 0 Å².